The fraction of sp³-hybridized carbons (Fsp3) is 0.238. The molecule has 28 heavy (non-hydrogen) atoms. The highest BCUT2D eigenvalue weighted by Crippen LogP contribution is 2.27. The number of aromatic nitrogens is 3. The topological polar surface area (TPSA) is 76.9 Å². The van der Waals surface area contributed by atoms with Crippen LogP contribution < -0.4 is 5.32 Å². The zero-order chi connectivity index (χ0) is 20.3. The van der Waals surface area contributed by atoms with Crippen LogP contribution >= 0.6 is 11.8 Å². The van der Waals surface area contributed by atoms with Crippen LogP contribution in [0.2, 0.25) is 0 Å². The van der Waals surface area contributed by atoms with Crippen molar-refractivity contribution < 1.29 is 9.59 Å². The summed E-state index contributed by atoms with van der Waals surface area (Å²) in [4.78, 5) is 24.2. The Kier molecular flexibility index (Phi) is 5.94. The van der Waals surface area contributed by atoms with E-state index in [0.717, 1.165) is 17.1 Å². The van der Waals surface area contributed by atoms with E-state index in [0.29, 0.717) is 16.4 Å². The Labute approximate surface area is 168 Å². The van der Waals surface area contributed by atoms with E-state index in [1.807, 2.05) is 49.6 Å². The van der Waals surface area contributed by atoms with Crippen LogP contribution in [-0.4, -0.2) is 31.7 Å². The molecule has 0 aliphatic heterocycles. The van der Waals surface area contributed by atoms with Gasteiger partial charge in [0, 0.05) is 11.3 Å². The van der Waals surface area contributed by atoms with Crippen LogP contribution in [-0.2, 0) is 4.79 Å². The van der Waals surface area contributed by atoms with E-state index in [-0.39, 0.29) is 11.7 Å². The summed E-state index contributed by atoms with van der Waals surface area (Å²) in [6.07, 6.45) is 0. The molecule has 3 rings (SSSR count). The second kappa shape index (κ2) is 8.39. The van der Waals surface area contributed by atoms with Gasteiger partial charge in [-0.05, 0) is 51.5 Å². The van der Waals surface area contributed by atoms with Gasteiger partial charge in [-0.3, -0.25) is 14.2 Å². The molecule has 1 heterocycles. The van der Waals surface area contributed by atoms with Crippen LogP contribution in [0.25, 0.3) is 5.69 Å². The van der Waals surface area contributed by atoms with Crippen molar-refractivity contribution in [3.8, 4) is 5.69 Å². The minimum Gasteiger partial charge on any atom is -0.325 e. The summed E-state index contributed by atoms with van der Waals surface area (Å²) in [7, 11) is 0. The maximum Gasteiger partial charge on any atom is 0.237 e. The van der Waals surface area contributed by atoms with Crippen molar-refractivity contribution in [2.45, 2.75) is 38.1 Å². The van der Waals surface area contributed by atoms with E-state index in [1.165, 1.54) is 18.7 Å². The minimum atomic E-state index is -0.396. The van der Waals surface area contributed by atoms with Crippen LogP contribution in [0.15, 0.2) is 53.7 Å². The Balaban J connectivity index is 1.78. The summed E-state index contributed by atoms with van der Waals surface area (Å²) in [5.41, 5.74) is 3.26. The van der Waals surface area contributed by atoms with E-state index in [4.69, 9.17) is 0 Å². The van der Waals surface area contributed by atoms with Crippen LogP contribution in [0.3, 0.4) is 0 Å². The fourth-order valence-electron chi connectivity index (χ4n) is 2.78. The SMILES string of the molecule is CC(=O)c1cccc(NC(=O)C(C)Sc2nnc(C)n2-c2ccccc2C)c1. The number of carbonyl (C=O) groups excluding carboxylic acids is 2. The van der Waals surface area contributed by atoms with Gasteiger partial charge in [0.2, 0.25) is 5.91 Å². The zero-order valence-corrected chi connectivity index (χ0v) is 17.1. The van der Waals surface area contributed by atoms with E-state index in [2.05, 4.69) is 15.5 Å². The molecular formula is C21H22N4O2S. The molecule has 0 radical (unpaired) electrons. The molecule has 1 unspecified atom stereocenters. The van der Waals surface area contributed by atoms with Gasteiger partial charge in [-0.2, -0.15) is 0 Å². The molecule has 2 aromatic carbocycles. The Bertz CT molecular complexity index is 1030. The molecule has 1 N–H and O–H groups in total. The van der Waals surface area contributed by atoms with Crippen molar-refractivity contribution in [3.05, 3.63) is 65.5 Å². The monoisotopic (exact) mass is 394 g/mol. The summed E-state index contributed by atoms with van der Waals surface area (Å²) in [6, 6.07) is 14.9. The first kappa shape index (κ1) is 19.8. The van der Waals surface area contributed by atoms with Crippen molar-refractivity contribution in [2.75, 3.05) is 5.32 Å². The predicted octanol–water partition coefficient (Wildman–Crippen LogP) is 4.21. The maximum absolute atomic E-state index is 12.6. The highest BCUT2D eigenvalue weighted by atomic mass is 32.2. The van der Waals surface area contributed by atoms with Crippen molar-refractivity contribution in [1.82, 2.24) is 14.8 Å². The molecule has 1 amide bonds. The van der Waals surface area contributed by atoms with Crippen LogP contribution in [0.4, 0.5) is 5.69 Å². The minimum absolute atomic E-state index is 0.0414. The fourth-order valence-corrected chi connectivity index (χ4v) is 3.69. The number of rotatable bonds is 6. The third kappa shape index (κ3) is 4.31. The molecule has 3 aromatic rings. The zero-order valence-electron chi connectivity index (χ0n) is 16.3. The molecule has 6 nitrogen and oxygen atoms in total. The van der Waals surface area contributed by atoms with Crippen LogP contribution in [0, 0.1) is 13.8 Å². The lowest BCUT2D eigenvalue weighted by molar-refractivity contribution is -0.115. The Morgan fingerprint density at radius 3 is 2.54 bits per heavy atom. The van der Waals surface area contributed by atoms with Gasteiger partial charge >= 0.3 is 0 Å². The molecule has 0 spiro atoms. The number of hydrogen-bond acceptors (Lipinski definition) is 5. The normalized spacial score (nSPS) is 11.9. The van der Waals surface area contributed by atoms with Crippen molar-refractivity contribution in [3.63, 3.8) is 0 Å². The number of para-hydroxylation sites is 1. The van der Waals surface area contributed by atoms with Gasteiger partial charge in [0.05, 0.1) is 10.9 Å². The summed E-state index contributed by atoms with van der Waals surface area (Å²) in [5, 5.41) is 11.6. The lowest BCUT2D eigenvalue weighted by Crippen LogP contribution is -2.23. The lowest BCUT2D eigenvalue weighted by atomic mass is 10.1. The van der Waals surface area contributed by atoms with Crippen molar-refractivity contribution >= 4 is 29.1 Å². The average Bonchev–Trinajstić information content (AvgIpc) is 3.02. The van der Waals surface area contributed by atoms with E-state index in [1.54, 1.807) is 24.3 Å². The van der Waals surface area contributed by atoms with E-state index < -0.39 is 5.25 Å². The first-order valence-electron chi connectivity index (χ1n) is 8.93. The quantitative estimate of drug-likeness (QED) is 0.501. The number of nitrogens with one attached hydrogen (secondary N) is 1. The van der Waals surface area contributed by atoms with Crippen molar-refractivity contribution in [2.24, 2.45) is 0 Å². The van der Waals surface area contributed by atoms with Crippen molar-refractivity contribution in [1.29, 1.82) is 0 Å². The molecule has 1 atom stereocenters. The Morgan fingerprint density at radius 2 is 1.82 bits per heavy atom. The van der Waals surface area contributed by atoms with Gasteiger partial charge < -0.3 is 5.32 Å². The molecule has 0 aliphatic rings. The Morgan fingerprint density at radius 1 is 1.07 bits per heavy atom. The number of nitrogens with zero attached hydrogens (tertiary/aromatic N) is 3. The largest absolute Gasteiger partial charge is 0.325 e. The van der Waals surface area contributed by atoms with Gasteiger partial charge in [-0.15, -0.1) is 10.2 Å². The summed E-state index contributed by atoms with van der Waals surface area (Å²) in [5.74, 6) is 0.557. The van der Waals surface area contributed by atoms with E-state index >= 15 is 0 Å². The molecule has 0 fully saturated rings. The van der Waals surface area contributed by atoms with Crippen LogP contribution in [0.1, 0.15) is 35.6 Å². The number of amides is 1. The molecule has 0 aliphatic carbocycles. The summed E-state index contributed by atoms with van der Waals surface area (Å²) >= 11 is 1.34. The number of ketones is 1. The molecule has 0 saturated heterocycles. The van der Waals surface area contributed by atoms with Gasteiger partial charge in [0.1, 0.15) is 5.82 Å². The number of hydrogen-bond donors (Lipinski definition) is 1. The number of thioether (sulfide) groups is 1. The van der Waals surface area contributed by atoms with Gasteiger partial charge in [-0.1, -0.05) is 42.1 Å². The second-order valence-electron chi connectivity index (χ2n) is 6.54. The second-order valence-corrected chi connectivity index (χ2v) is 7.85. The molecule has 1 aromatic heterocycles. The van der Waals surface area contributed by atoms with Crippen LogP contribution in [0.5, 0.6) is 0 Å². The predicted molar refractivity (Wildman–Crippen MR) is 111 cm³/mol. The number of anilines is 1. The smallest absolute Gasteiger partial charge is 0.237 e. The summed E-state index contributed by atoms with van der Waals surface area (Å²) < 4.78 is 1.96. The molecule has 0 saturated carbocycles. The molecule has 144 valence electrons. The lowest BCUT2D eigenvalue weighted by Gasteiger charge is -2.14. The van der Waals surface area contributed by atoms with Gasteiger partial charge in [0.15, 0.2) is 10.9 Å². The number of benzene rings is 2. The number of Topliss-reactive ketones (excluding diaryl/α,β-unsaturated/α-hetero) is 1. The molecule has 0 bridgehead atoms. The molecular weight excluding hydrogens is 372 g/mol. The summed E-state index contributed by atoms with van der Waals surface area (Å²) in [6.45, 7) is 7.24. The number of aryl methyl sites for hydroxylation is 2. The third-order valence-corrected chi connectivity index (χ3v) is 5.38. The van der Waals surface area contributed by atoms with E-state index in [9.17, 15) is 9.59 Å². The van der Waals surface area contributed by atoms with Gasteiger partial charge in [-0.25, -0.2) is 0 Å². The molecule has 7 heteroatoms. The van der Waals surface area contributed by atoms with Gasteiger partial charge in [0.25, 0.3) is 0 Å². The maximum atomic E-state index is 12.6. The third-order valence-electron chi connectivity index (χ3n) is 4.34. The average molecular weight is 395 g/mol. The highest BCUT2D eigenvalue weighted by molar-refractivity contribution is 8.00. The first-order valence-corrected chi connectivity index (χ1v) is 9.81. The first-order chi connectivity index (χ1) is 13.4. The Hall–Kier alpha value is -2.93. The highest BCUT2D eigenvalue weighted by Gasteiger charge is 2.20. The standard InChI is InChI=1S/C21H22N4O2S/c1-13-8-5-6-11-19(13)25-16(4)23-24-21(25)28-15(3)20(27)22-18-10-7-9-17(12-18)14(2)26/h5-12,15H,1-4H3,(H,22,27). The number of carbonyl (C=O) groups is 2.